The first-order valence-corrected chi connectivity index (χ1v) is 7.72. The Hall–Kier alpha value is -2.05. The Balaban J connectivity index is 2.42. The normalized spacial score (nSPS) is 11.1. The summed E-state index contributed by atoms with van der Waals surface area (Å²) < 4.78 is 26.0. The Morgan fingerprint density at radius 2 is 1.67 bits per heavy atom. The molecule has 0 unspecified atom stereocenters. The van der Waals surface area contributed by atoms with Crippen LogP contribution < -0.4 is 4.31 Å². The maximum atomic E-state index is 12.5. The lowest BCUT2D eigenvalue weighted by Crippen LogP contribution is -2.26. The number of carboxylic acid groups (broad SMARTS) is 1. The first kappa shape index (κ1) is 15.3. The SMILES string of the molecule is CN(c1ccccc1Cl)S(=O)(=O)c1ccc(C(=O)O)cc1. The first-order valence-electron chi connectivity index (χ1n) is 5.91. The lowest BCUT2D eigenvalue weighted by molar-refractivity contribution is 0.0697. The number of para-hydroxylation sites is 1. The minimum absolute atomic E-state index is 0.00470. The van der Waals surface area contributed by atoms with Crippen LogP contribution in [-0.4, -0.2) is 26.5 Å². The number of rotatable bonds is 4. The van der Waals surface area contributed by atoms with Gasteiger partial charge in [-0.2, -0.15) is 0 Å². The zero-order valence-electron chi connectivity index (χ0n) is 11.0. The molecule has 7 heteroatoms. The zero-order chi connectivity index (χ0) is 15.6. The number of carbonyl (C=O) groups is 1. The molecule has 5 nitrogen and oxygen atoms in total. The number of carboxylic acids is 1. The summed E-state index contributed by atoms with van der Waals surface area (Å²) >= 11 is 6.00. The number of hydrogen-bond donors (Lipinski definition) is 1. The van der Waals surface area contributed by atoms with Gasteiger partial charge in [0, 0.05) is 7.05 Å². The fraction of sp³-hybridized carbons (Fsp3) is 0.0714. The van der Waals surface area contributed by atoms with Crippen molar-refractivity contribution in [1.29, 1.82) is 0 Å². The van der Waals surface area contributed by atoms with E-state index >= 15 is 0 Å². The second-order valence-corrected chi connectivity index (χ2v) is 6.63. The molecule has 0 saturated carbocycles. The van der Waals surface area contributed by atoms with E-state index in [1.807, 2.05) is 0 Å². The molecular formula is C14H12ClNO4S. The van der Waals surface area contributed by atoms with Crippen LogP contribution in [0.15, 0.2) is 53.4 Å². The second kappa shape index (κ2) is 5.75. The van der Waals surface area contributed by atoms with Gasteiger partial charge < -0.3 is 5.11 Å². The van der Waals surface area contributed by atoms with Crippen LogP contribution in [0.2, 0.25) is 5.02 Å². The van der Waals surface area contributed by atoms with Crippen LogP contribution in [0.3, 0.4) is 0 Å². The van der Waals surface area contributed by atoms with Crippen molar-refractivity contribution < 1.29 is 18.3 Å². The monoisotopic (exact) mass is 325 g/mol. The lowest BCUT2D eigenvalue weighted by atomic mass is 10.2. The average molecular weight is 326 g/mol. The van der Waals surface area contributed by atoms with Crippen LogP contribution >= 0.6 is 11.6 Å². The molecule has 21 heavy (non-hydrogen) atoms. The highest BCUT2D eigenvalue weighted by Gasteiger charge is 2.23. The van der Waals surface area contributed by atoms with Gasteiger partial charge in [0.2, 0.25) is 0 Å². The van der Waals surface area contributed by atoms with Gasteiger partial charge in [0.1, 0.15) is 0 Å². The van der Waals surface area contributed by atoms with Crippen LogP contribution in [0.1, 0.15) is 10.4 Å². The van der Waals surface area contributed by atoms with Crippen molar-refractivity contribution in [3.63, 3.8) is 0 Å². The molecule has 1 N–H and O–H groups in total. The molecule has 2 rings (SSSR count). The number of hydrogen-bond acceptors (Lipinski definition) is 3. The summed E-state index contributed by atoms with van der Waals surface area (Å²) in [5, 5.41) is 9.14. The van der Waals surface area contributed by atoms with Gasteiger partial charge in [0.25, 0.3) is 10.0 Å². The lowest BCUT2D eigenvalue weighted by Gasteiger charge is -2.20. The third-order valence-corrected chi connectivity index (χ3v) is 5.06. The van der Waals surface area contributed by atoms with Crippen molar-refractivity contribution in [3.8, 4) is 0 Å². The summed E-state index contributed by atoms with van der Waals surface area (Å²) in [5.41, 5.74) is 0.371. The molecule has 0 aliphatic carbocycles. The minimum Gasteiger partial charge on any atom is -0.478 e. The molecule has 0 heterocycles. The van der Waals surface area contributed by atoms with E-state index in [9.17, 15) is 13.2 Å². The molecule has 2 aromatic carbocycles. The van der Waals surface area contributed by atoms with Crippen molar-refractivity contribution >= 4 is 33.3 Å². The van der Waals surface area contributed by atoms with Gasteiger partial charge in [-0.25, -0.2) is 13.2 Å². The van der Waals surface area contributed by atoms with Gasteiger partial charge in [-0.1, -0.05) is 23.7 Å². The Kier molecular flexibility index (Phi) is 4.20. The number of aromatic carboxylic acids is 1. The zero-order valence-corrected chi connectivity index (χ0v) is 12.6. The summed E-state index contributed by atoms with van der Waals surface area (Å²) in [6.07, 6.45) is 0. The smallest absolute Gasteiger partial charge is 0.335 e. The molecular weight excluding hydrogens is 314 g/mol. The van der Waals surface area contributed by atoms with Crippen LogP contribution in [0.25, 0.3) is 0 Å². The predicted octanol–water partition coefficient (Wildman–Crippen LogP) is 2.86. The van der Waals surface area contributed by atoms with Crippen LogP contribution in [0.4, 0.5) is 5.69 Å². The van der Waals surface area contributed by atoms with Gasteiger partial charge in [-0.05, 0) is 36.4 Å². The number of anilines is 1. The minimum atomic E-state index is -3.80. The van der Waals surface area contributed by atoms with Crippen LogP contribution in [-0.2, 0) is 10.0 Å². The van der Waals surface area contributed by atoms with E-state index in [1.165, 1.54) is 31.3 Å². The molecule has 0 aliphatic rings. The maximum absolute atomic E-state index is 12.5. The largest absolute Gasteiger partial charge is 0.478 e. The molecule has 0 bridgehead atoms. The molecule has 0 fully saturated rings. The maximum Gasteiger partial charge on any atom is 0.335 e. The van der Waals surface area contributed by atoms with Gasteiger partial charge >= 0.3 is 5.97 Å². The molecule has 0 saturated heterocycles. The van der Waals surface area contributed by atoms with Crippen molar-refractivity contribution in [3.05, 3.63) is 59.1 Å². The molecule has 0 aromatic heterocycles. The van der Waals surface area contributed by atoms with E-state index in [1.54, 1.807) is 24.3 Å². The van der Waals surface area contributed by atoms with Gasteiger partial charge in [-0.15, -0.1) is 0 Å². The van der Waals surface area contributed by atoms with Gasteiger partial charge in [0.05, 0.1) is 21.2 Å². The predicted molar refractivity (Wildman–Crippen MR) is 80.4 cm³/mol. The van der Waals surface area contributed by atoms with E-state index in [2.05, 4.69) is 0 Å². The fourth-order valence-electron chi connectivity index (χ4n) is 1.76. The number of halogens is 1. The molecule has 110 valence electrons. The summed E-state index contributed by atoms with van der Waals surface area (Å²) in [4.78, 5) is 10.8. The summed E-state index contributed by atoms with van der Waals surface area (Å²) in [7, 11) is -2.41. The number of sulfonamides is 1. The van der Waals surface area contributed by atoms with Crippen LogP contribution in [0.5, 0.6) is 0 Å². The van der Waals surface area contributed by atoms with E-state index in [0.29, 0.717) is 10.7 Å². The van der Waals surface area contributed by atoms with Crippen molar-refractivity contribution in [1.82, 2.24) is 0 Å². The van der Waals surface area contributed by atoms with Gasteiger partial charge in [-0.3, -0.25) is 4.31 Å². The van der Waals surface area contributed by atoms with Crippen LogP contribution in [0, 0.1) is 0 Å². The van der Waals surface area contributed by atoms with Gasteiger partial charge in [0.15, 0.2) is 0 Å². The molecule has 2 aromatic rings. The highest BCUT2D eigenvalue weighted by atomic mass is 35.5. The standard InChI is InChI=1S/C14H12ClNO4S/c1-16(13-5-3-2-4-12(13)15)21(19,20)11-8-6-10(7-9-11)14(17)18/h2-9H,1H3,(H,17,18). The molecule has 0 aliphatic heterocycles. The highest BCUT2D eigenvalue weighted by molar-refractivity contribution is 7.92. The summed E-state index contributed by atoms with van der Waals surface area (Å²) in [5.74, 6) is -1.11. The number of nitrogens with zero attached hydrogens (tertiary/aromatic N) is 1. The van der Waals surface area contributed by atoms with Crippen molar-refractivity contribution in [2.75, 3.05) is 11.4 Å². The van der Waals surface area contributed by atoms with E-state index in [0.717, 1.165) is 4.31 Å². The highest BCUT2D eigenvalue weighted by Crippen LogP contribution is 2.28. The summed E-state index contributed by atoms with van der Waals surface area (Å²) in [6, 6.07) is 11.6. The Labute approximate surface area is 127 Å². The average Bonchev–Trinajstić information content (AvgIpc) is 2.47. The Bertz CT molecular complexity index is 772. The van der Waals surface area contributed by atoms with E-state index in [-0.39, 0.29) is 10.5 Å². The Morgan fingerprint density at radius 3 is 2.19 bits per heavy atom. The molecule has 0 radical (unpaired) electrons. The molecule has 0 spiro atoms. The second-order valence-electron chi connectivity index (χ2n) is 4.25. The molecule has 0 amide bonds. The Morgan fingerprint density at radius 1 is 1.10 bits per heavy atom. The topological polar surface area (TPSA) is 74.7 Å². The third kappa shape index (κ3) is 3.01. The fourth-order valence-corrected chi connectivity index (χ4v) is 3.29. The number of benzene rings is 2. The first-order chi connectivity index (χ1) is 9.84. The third-order valence-electron chi connectivity index (χ3n) is 2.95. The summed E-state index contributed by atoms with van der Waals surface area (Å²) in [6.45, 7) is 0. The van der Waals surface area contributed by atoms with E-state index < -0.39 is 16.0 Å². The van der Waals surface area contributed by atoms with Crippen molar-refractivity contribution in [2.24, 2.45) is 0 Å². The molecule has 0 atom stereocenters. The van der Waals surface area contributed by atoms with E-state index in [4.69, 9.17) is 16.7 Å². The quantitative estimate of drug-likeness (QED) is 0.938. The van der Waals surface area contributed by atoms with Crippen molar-refractivity contribution in [2.45, 2.75) is 4.90 Å².